The monoisotopic (exact) mass is 493 g/mol. The van der Waals surface area contributed by atoms with Crippen molar-refractivity contribution in [2.45, 2.75) is 18.4 Å². The fraction of sp³-hybridized carbons (Fsp3) is 0.130. The van der Waals surface area contributed by atoms with Crippen LogP contribution < -0.4 is 25.9 Å². The Morgan fingerprint density at radius 2 is 1.88 bits per heavy atom. The molecular weight excluding hydrogens is 474 g/mol. The maximum Gasteiger partial charge on any atom is 0.282 e. The zero-order valence-corrected chi connectivity index (χ0v) is 19.9. The van der Waals surface area contributed by atoms with Crippen molar-refractivity contribution in [3.63, 3.8) is 0 Å². The molecule has 1 aliphatic heterocycles. The van der Waals surface area contributed by atoms with Crippen LogP contribution in [0.25, 0.3) is 17.3 Å². The van der Waals surface area contributed by atoms with Gasteiger partial charge in [0.2, 0.25) is 0 Å². The van der Waals surface area contributed by atoms with Gasteiger partial charge in [-0.25, -0.2) is 4.68 Å². The first kappa shape index (κ1) is 22.0. The summed E-state index contributed by atoms with van der Waals surface area (Å²) in [6, 6.07) is 13.7. The number of thiazole rings is 1. The van der Waals surface area contributed by atoms with Crippen LogP contribution in [0, 0.1) is 20.0 Å². The number of aromatic nitrogens is 3. The molecule has 3 heterocycles. The Morgan fingerprint density at radius 3 is 2.59 bits per heavy atom. The van der Waals surface area contributed by atoms with Gasteiger partial charge in [0, 0.05) is 30.6 Å². The Balaban J connectivity index is 1.83. The van der Waals surface area contributed by atoms with E-state index in [1.54, 1.807) is 10.6 Å². The lowest BCUT2D eigenvalue weighted by atomic mass is 10.3. The molecule has 0 saturated heterocycles. The molecule has 4 aromatic rings. The van der Waals surface area contributed by atoms with Crippen molar-refractivity contribution in [3.05, 3.63) is 99.1 Å². The lowest BCUT2D eigenvalue weighted by Crippen LogP contribution is -2.31. The topological polar surface area (TPSA) is 106 Å². The Hall–Kier alpha value is -3.83. The van der Waals surface area contributed by atoms with Gasteiger partial charge in [0.05, 0.1) is 21.6 Å². The van der Waals surface area contributed by atoms with E-state index in [-0.39, 0.29) is 16.5 Å². The molecular formula is C23H19N5O4S2. The summed E-state index contributed by atoms with van der Waals surface area (Å²) in [6.45, 7) is 6.20. The summed E-state index contributed by atoms with van der Waals surface area (Å²) < 4.78 is 3.83. The average Bonchev–Trinajstić information content (AvgIpc) is 3.44. The highest BCUT2D eigenvalue weighted by atomic mass is 32.2. The van der Waals surface area contributed by atoms with Gasteiger partial charge >= 0.3 is 0 Å². The van der Waals surface area contributed by atoms with Crippen LogP contribution in [-0.4, -0.2) is 26.3 Å². The number of benzene rings is 2. The summed E-state index contributed by atoms with van der Waals surface area (Å²) in [7, 11) is 1.92. The van der Waals surface area contributed by atoms with Crippen LogP contribution in [-0.2, 0) is 6.54 Å². The van der Waals surface area contributed by atoms with Gasteiger partial charge in [0.25, 0.3) is 16.8 Å². The van der Waals surface area contributed by atoms with E-state index in [0.29, 0.717) is 26.8 Å². The number of para-hydroxylation sites is 1. The van der Waals surface area contributed by atoms with Crippen molar-refractivity contribution in [2.24, 2.45) is 0 Å². The Bertz CT molecular complexity index is 1800. The largest absolute Gasteiger partial charge is 0.337 e. The fourth-order valence-corrected chi connectivity index (χ4v) is 6.53. The van der Waals surface area contributed by atoms with Gasteiger partial charge in [0.1, 0.15) is 19.4 Å². The number of aromatic amines is 1. The predicted molar refractivity (Wildman–Crippen MR) is 134 cm³/mol. The van der Waals surface area contributed by atoms with Crippen LogP contribution in [0.4, 0.5) is 11.4 Å². The third kappa shape index (κ3) is 3.32. The molecule has 0 radical (unpaired) electrons. The van der Waals surface area contributed by atoms with Gasteiger partial charge in [-0.2, -0.15) is 0 Å². The lowest BCUT2D eigenvalue weighted by molar-refractivity contribution is -0.384. The second kappa shape index (κ2) is 8.19. The number of nitrogens with zero attached hydrogens (tertiary/aromatic N) is 4. The number of nitrogens with one attached hydrogen (secondary N) is 1. The summed E-state index contributed by atoms with van der Waals surface area (Å²) >= 11 is 2.77. The number of thioether (sulfide) groups is 1. The zero-order valence-electron chi connectivity index (χ0n) is 18.3. The minimum atomic E-state index is -0.519. The SMILES string of the molecule is C=c1[nH]n(-c2cccc([N+](=O)[O-])c2)c(=O)c1=c1sc(=C2Sc3ccccc3N2C)c(=O)n1CC. The number of nitro benzene ring substituents is 1. The molecule has 0 unspecified atom stereocenters. The molecule has 9 nitrogen and oxygen atoms in total. The Labute approximate surface area is 200 Å². The van der Waals surface area contributed by atoms with Crippen LogP contribution in [0.2, 0.25) is 0 Å². The van der Waals surface area contributed by atoms with Crippen LogP contribution >= 0.6 is 23.1 Å². The standard InChI is InChI=1S/C23H19N5O4S2/c1-4-26-21(30)19(23-25(3)16-10-5-6-11-17(16)33-23)34-22(26)18-13(2)24-27(20(18)29)14-8-7-9-15(12-14)28(31)32/h5-12,24H,2,4H2,1,3H3. The van der Waals surface area contributed by atoms with Gasteiger partial charge < -0.3 is 4.90 Å². The van der Waals surface area contributed by atoms with Gasteiger partial charge in [-0.3, -0.25) is 29.4 Å². The van der Waals surface area contributed by atoms with Crippen LogP contribution in [0.15, 0.2) is 63.0 Å². The third-order valence-corrected chi connectivity index (χ3v) is 8.17. The van der Waals surface area contributed by atoms with Gasteiger partial charge in [-0.15, -0.1) is 11.3 Å². The summed E-state index contributed by atoms with van der Waals surface area (Å²) in [4.78, 5) is 40.5. The molecule has 0 atom stereocenters. The molecule has 1 aliphatic rings. The second-order valence-corrected chi connectivity index (χ2v) is 9.63. The normalized spacial score (nSPS) is 15.5. The van der Waals surface area contributed by atoms with Crippen molar-refractivity contribution >= 4 is 46.1 Å². The predicted octanol–water partition coefficient (Wildman–Crippen LogP) is 2.32. The van der Waals surface area contributed by atoms with E-state index in [1.165, 1.54) is 46.0 Å². The molecule has 11 heteroatoms. The minimum Gasteiger partial charge on any atom is -0.337 e. The van der Waals surface area contributed by atoms with Crippen molar-refractivity contribution in [2.75, 3.05) is 11.9 Å². The molecule has 34 heavy (non-hydrogen) atoms. The van der Waals surface area contributed by atoms with Crippen LogP contribution in [0.5, 0.6) is 0 Å². The molecule has 1 N–H and O–H groups in total. The van der Waals surface area contributed by atoms with Crippen molar-refractivity contribution < 1.29 is 4.92 Å². The molecule has 0 aliphatic carbocycles. The molecule has 0 spiro atoms. The molecule has 2 aromatic heterocycles. The number of hydrogen-bond donors (Lipinski definition) is 1. The number of hydrogen-bond acceptors (Lipinski definition) is 7. The van der Waals surface area contributed by atoms with Crippen LogP contribution in [0.3, 0.4) is 0 Å². The number of anilines is 1. The molecule has 0 bridgehead atoms. The van der Waals surface area contributed by atoms with Crippen LogP contribution in [0.1, 0.15) is 6.92 Å². The number of H-pyrrole nitrogens is 1. The minimum absolute atomic E-state index is 0.132. The van der Waals surface area contributed by atoms with E-state index in [2.05, 4.69) is 11.7 Å². The van der Waals surface area contributed by atoms with Gasteiger partial charge in [-0.05, 0) is 25.1 Å². The van der Waals surface area contributed by atoms with E-state index in [1.807, 2.05) is 43.1 Å². The smallest absolute Gasteiger partial charge is 0.282 e. The molecule has 5 rings (SSSR count). The summed E-state index contributed by atoms with van der Waals surface area (Å²) in [5, 5.41) is 15.5. The van der Waals surface area contributed by atoms with E-state index >= 15 is 0 Å². The Kier molecular flexibility index (Phi) is 5.29. The van der Waals surface area contributed by atoms with Crippen molar-refractivity contribution in [1.82, 2.24) is 14.3 Å². The third-order valence-electron chi connectivity index (χ3n) is 5.61. The molecule has 172 valence electrons. The van der Waals surface area contributed by atoms with E-state index in [0.717, 1.165) is 15.6 Å². The number of nitro groups is 1. The quantitative estimate of drug-likeness (QED) is 0.347. The first-order valence-electron chi connectivity index (χ1n) is 10.4. The lowest BCUT2D eigenvalue weighted by Gasteiger charge is -2.11. The summed E-state index contributed by atoms with van der Waals surface area (Å²) in [6.07, 6.45) is 0. The molecule has 0 saturated carbocycles. The fourth-order valence-electron chi connectivity index (χ4n) is 3.95. The molecule has 2 aromatic carbocycles. The van der Waals surface area contributed by atoms with E-state index < -0.39 is 10.5 Å². The first-order valence-corrected chi connectivity index (χ1v) is 12.0. The Morgan fingerprint density at radius 1 is 1.12 bits per heavy atom. The maximum absolute atomic E-state index is 13.4. The van der Waals surface area contributed by atoms with Gasteiger partial charge in [-0.1, -0.05) is 36.5 Å². The second-order valence-electron chi connectivity index (χ2n) is 7.60. The van der Waals surface area contributed by atoms with E-state index in [4.69, 9.17) is 0 Å². The average molecular weight is 494 g/mol. The highest BCUT2D eigenvalue weighted by molar-refractivity contribution is 8.08. The first-order chi connectivity index (χ1) is 16.3. The number of rotatable bonds is 3. The maximum atomic E-state index is 13.4. The van der Waals surface area contributed by atoms with Crippen molar-refractivity contribution in [3.8, 4) is 5.69 Å². The number of non-ortho nitro benzene ring substituents is 1. The molecule has 0 fully saturated rings. The van der Waals surface area contributed by atoms with E-state index in [9.17, 15) is 19.7 Å². The highest BCUT2D eigenvalue weighted by Crippen LogP contribution is 2.45. The highest BCUT2D eigenvalue weighted by Gasteiger charge is 2.24. The summed E-state index contributed by atoms with van der Waals surface area (Å²) in [5.41, 5.74) is 0.598. The van der Waals surface area contributed by atoms with Crippen molar-refractivity contribution in [1.29, 1.82) is 0 Å². The van der Waals surface area contributed by atoms with Gasteiger partial charge in [0.15, 0.2) is 0 Å². The summed E-state index contributed by atoms with van der Waals surface area (Å²) in [5.74, 6) is 0. The number of fused-ring (bicyclic) bond motifs is 1. The zero-order chi connectivity index (χ0) is 24.1. The molecule has 0 amide bonds.